The number of carbonyl (C=O) groups excluding carboxylic acids is 1. The van der Waals surface area contributed by atoms with Gasteiger partial charge in [0.05, 0.1) is 11.7 Å². The number of halogens is 1. The van der Waals surface area contributed by atoms with Crippen LogP contribution in [0.4, 0.5) is 4.39 Å². The van der Waals surface area contributed by atoms with Gasteiger partial charge in [-0.15, -0.1) is 0 Å². The van der Waals surface area contributed by atoms with E-state index < -0.39 is 5.82 Å². The second-order valence-corrected chi connectivity index (χ2v) is 7.78. The molecule has 1 saturated carbocycles. The fourth-order valence-electron chi connectivity index (χ4n) is 4.36. The standard InChI is InChI=1S/C22H25FN2O3/c23-21-6-5-19(28-18-3-1-14(2-4-18)7-8-24)11-20(21)22(27)25-12-15-9-17(26)10-16(15)13-25/h1-6,11,15-17,26H,7-10,12-13,24H2/t15-,16+,17?. The summed E-state index contributed by atoms with van der Waals surface area (Å²) in [4.78, 5) is 14.6. The number of amides is 1. The van der Waals surface area contributed by atoms with Gasteiger partial charge in [-0.1, -0.05) is 12.1 Å². The van der Waals surface area contributed by atoms with Crippen molar-refractivity contribution < 1.29 is 19.0 Å². The highest BCUT2D eigenvalue weighted by atomic mass is 19.1. The Labute approximate surface area is 163 Å². The molecule has 0 spiro atoms. The molecule has 6 heteroatoms. The molecule has 28 heavy (non-hydrogen) atoms. The minimum atomic E-state index is -0.548. The number of benzene rings is 2. The quantitative estimate of drug-likeness (QED) is 0.831. The molecule has 1 unspecified atom stereocenters. The second kappa shape index (κ2) is 7.89. The van der Waals surface area contributed by atoms with Gasteiger partial charge in [0.25, 0.3) is 5.91 Å². The van der Waals surface area contributed by atoms with E-state index in [4.69, 9.17) is 10.5 Å². The van der Waals surface area contributed by atoms with Crippen LogP contribution in [0.15, 0.2) is 42.5 Å². The van der Waals surface area contributed by atoms with Crippen molar-refractivity contribution in [3.05, 3.63) is 59.4 Å². The van der Waals surface area contributed by atoms with Gasteiger partial charge >= 0.3 is 0 Å². The molecule has 1 amide bonds. The molecule has 0 aromatic heterocycles. The third-order valence-electron chi connectivity index (χ3n) is 5.77. The van der Waals surface area contributed by atoms with Crippen molar-refractivity contribution in [3.8, 4) is 11.5 Å². The maximum Gasteiger partial charge on any atom is 0.256 e. The lowest BCUT2D eigenvalue weighted by Crippen LogP contribution is -2.31. The maximum atomic E-state index is 14.3. The van der Waals surface area contributed by atoms with E-state index in [1.165, 1.54) is 18.2 Å². The van der Waals surface area contributed by atoms with Crippen LogP contribution in [-0.2, 0) is 6.42 Å². The van der Waals surface area contributed by atoms with Crippen molar-refractivity contribution in [2.45, 2.75) is 25.4 Å². The van der Waals surface area contributed by atoms with E-state index in [1.54, 1.807) is 4.90 Å². The molecule has 1 aliphatic heterocycles. The first-order valence-corrected chi connectivity index (χ1v) is 9.77. The van der Waals surface area contributed by atoms with Gasteiger partial charge in [0, 0.05) is 13.1 Å². The summed E-state index contributed by atoms with van der Waals surface area (Å²) in [7, 11) is 0. The summed E-state index contributed by atoms with van der Waals surface area (Å²) in [5.41, 5.74) is 6.70. The average Bonchev–Trinajstić information content (AvgIpc) is 3.22. The molecule has 4 rings (SSSR count). The van der Waals surface area contributed by atoms with Gasteiger partial charge < -0.3 is 20.5 Å². The van der Waals surface area contributed by atoms with E-state index in [0.29, 0.717) is 43.0 Å². The van der Waals surface area contributed by atoms with E-state index in [1.807, 2.05) is 24.3 Å². The number of fused-ring (bicyclic) bond motifs is 1. The lowest BCUT2D eigenvalue weighted by Gasteiger charge is -2.19. The molecular weight excluding hydrogens is 359 g/mol. The molecule has 0 bridgehead atoms. The van der Waals surface area contributed by atoms with Crippen LogP contribution in [0.3, 0.4) is 0 Å². The summed E-state index contributed by atoms with van der Waals surface area (Å²) >= 11 is 0. The zero-order chi connectivity index (χ0) is 19.7. The van der Waals surface area contributed by atoms with Gasteiger partial charge in [0.2, 0.25) is 0 Å². The lowest BCUT2D eigenvalue weighted by atomic mass is 10.0. The van der Waals surface area contributed by atoms with Crippen LogP contribution in [0, 0.1) is 17.7 Å². The normalized spacial score (nSPS) is 23.7. The number of hydrogen-bond acceptors (Lipinski definition) is 4. The van der Waals surface area contributed by atoms with Crippen molar-refractivity contribution in [1.29, 1.82) is 0 Å². The van der Waals surface area contributed by atoms with E-state index in [9.17, 15) is 14.3 Å². The largest absolute Gasteiger partial charge is 0.457 e. The molecule has 1 heterocycles. The van der Waals surface area contributed by atoms with E-state index in [-0.39, 0.29) is 17.6 Å². The summed E-state index contributed by atoms with van der Waals surface area (Å²) < 4.78 is 20.2. The minimum Gasteiger partial charge on any atom is -0.457 e. The Morgan fingerprint density at radius 2 is 1.75 bits per heavy atom. The Morgan fingerprint density at radius 3 is 2.39 bits per heavy atom. The Morgan fingerprint density at radius 1 is 1.11 bits per heavy atom. The summed E-state index contributed by atoms with van der Waals surface area (Å²) in [6, 6.07) is 11.8. The third-order valence-corrected chi connectivity index (χ3v) is 5.77. The molecule has 1 aliphatic carbocycles. The van der Waals surface area contributed by atoms with E-state index in [0.717, 1.165) is 24.8 Å². The Bertz CT molecular complexity index is 841. The lowest BCUT2D eigenvalue weighted by molar-refractivity contribution is 0.0760. The summed E-state index contributed by atoms with van der Waals surface area (Å²) in [6.45, 7) is 1.74. The predicted octanol–water partition coefficient (Wildman–Crippen LogP) is 2.96. The topological polar surface area (TPSA) is 75.8 Å². The molecule has 3 N–H and O–H groups in total. The molecule has 2 aromatic rings. The fraction of sp³-hybridized carbons (Fsp3) is 0.409. The molecular formula is C22H25FN2O3. The molecule has 3 atom stereocenters. The highest BCUT2D eigenvalue weighted by molar-refractivity contribution is 5.95. The van der Waals surface area contributed by atoms with Crippen LogP contribution in [0.1, 0.15) is 28.8 Å². The number of carbonyl (C=O) groups is 1. The van der Waals surface area contributed by atoms with Gasteiger partial charge in [-0.3, -0.25) is 4.79 Å². The van der Waals surface area contributed by atoms with Crippen LogP contribution in [0.25, 0.3) is 0 Å². The average molecular weight is 384 g/mol. The first-order valence-electron chi connectivity index (χ1n) is 9.77. The third kappa shape index (κ3) is 3.88. The summed E-state index contributed by atoms with van der Waals surface area (Å²) in [6.07, 6.45) is 1.97. The van der Waals surface area contributed by atoms with Gasteiger partial charge in [-0.2, -0.15) is 0 Å². The van der Waals surface area contributed by atoms with Crippen LogP contribution in [0.2, 0.25) is 0 Å². The van der Waals surface area contributed by atoms with Crippen LogP contribution in [-0.4, -0.2) is 41.7 Å². The fourth-order valence-corrected chi connectivity index (χ4v) is 4.36. The first-order chi connectivity index (χ1) is 13.5. The molecule has 2 aromatic carbocycles. The molecule has 0 radical (unpaired) electrons. The summed E-state index contributed by atoms with van der Waals surface area (Å²) in [5, 5.41) is 9.76. The van der Waals surface area contributed by atoms with Crippen molar-refractivity contribution >= 4 is 5.91 Å². The number of nitrogens with zero attached hydrogens (tertiary/aromatic N) is 1. The number of nitrogens with two attached hydrogens (primary N) is 1. The van der Waals surface area contributed by atoms with Gasteiger partial charge in [-0.25, -0.2) is 4.39 Å². The Balaban J connectivity index is 1.47. The molecule has 1 saturated heterocycles. The molecule has 148 valence electrons. The first kappa shape index (κ1) is 18.9. The number of rotatable bonds is 5. The smallest absolute Gasteiger partial charge is 0.256 e. The van der Waals surface area contributed by atoms with Crippen LogP contribution in [0.5, 0.6) is 11.5 Å². The molecule has 2 aliphatic rings. The highest BCUT2D eigenvalue weighted by Crippen LogP contribution is 2.38. The van der Waals surface area contributed by atoms with Crippen molar-refractivity contribution in [2.75, 3.05) is 19.6 Å². The Kier molecular flexibility index (Phi) is 5.33. The zero-order valence-corrected chi connectivity index (χ0v) is 15.7. The van der Waals surface area contributed by atoms with Crippen molar-refractivity contribution in [1.82, 2.24) is 4.90 Å². The number of ether oxygens (including phenoxy) is 1. The maximum absolute atomic E-state index is 14.3. The zero-order valence-electron chi connectivity index (χ0n) is 15.7. The second-order valence-electron chi connectivity index (χ2n) is 7.78. The van der Waals surface area contributed by atoms with Crippen LogP contribution < -0.4 is 10.5 Å². The number of aliphatic hydroxyl groups is 1. The van der Waals surface area contributed by atoms with Crippen molar-refractivity contribution in [3.63, 3.8) is 0 Å². The van der Waals surface area contributed by atoms with Gasteiger partial charge in [0.15, 0.2) is 0 Å². The van der Waals surface area contributed by atoms with Crippen molar-refractivity contribution in [2.24, 2.45) is 17.6 Å². The number of likely N-dealkylation sites (tertiary alicyclic amines) is 1. The van der Waals surface area contributed by atoms with E-state index >= 15 is 0 Å². The van der Waals surface area contributed by atoms with Crippen LogP contribution >= 0.6 is 0 Å². The SMILES string of the molecule is NCCc1ccc(Oc2ccc(F)c(C(=O)N3C[C@H]4CC(O)C[C@H]4C3)c2)cc1. The van der Waals surface area contributed by atoms with Gasteiger partial charge in [0.1, 0.15) is 17.3 Å². The summed E-state index contributed by atoms with van der Waals surface area (Å²) in [5.74, 6) is 0.807. The number of hydrogen-bond donors (Lipinski definition) is 2. The highest BCUT2D eigenvalue weighted by Gasteiger charge is 2.42. The monoisotopic (exact) mass is 384 g/mol. The number of aliphatic hydroxyl groups excluding tert-OH is 1. The molecule has 2 fully saturated rings. The minimum absolute atomic E-state index is 0.0257. The Hall–Kier alpha value is -2.44. The van der Waals surface area contributed by atoms with E-state index in [2.05, 4.69) is 0 Å². The molecule has 5 nitrogen and oxygen atoms in total. The predicted molar refractivity (Wildman–Crippen MR) is 104 cm³/mol. The van der Waals surface area contributed by atoms with Gasteiger partial charge in [-0.05, 0) is 73.5 Å².